The zero-order valence-corrected chi connectivity index (χ0v) is 15.8. The van der Waals surface area contributed by atoms with Crippen molar-refractivity contribution in [2.75, 3.05) is 7.11 Å². The van der Waals surface area contributed by atoms with Gasteiger partial charge in [0, 0.05) is 11.1 Å². The molecule has 0 amide bonds. The third-order valence-electron chi connectivity index (χ3n) is 4.99. The first kappa shape index (κ1) is 17.5. The molecule has 0 N–H and O–H groups in total. The lowest BCUT2D eigenvalue weighted by Crippen LogP contribution is -2.25. The van der Waals surface area contributed by atoms with Gasteiger partial charge in [-0.05, 0) is 12.1 Å². The van der Waals surface area contributed by atoms with E-state index in [1.165, 1.54) is 7.11 Å². The predicted octanol–water partition coefficient (Wildman–Crippen LogP) is 4.00. The molecule has 0 atom stereocenters. The summed E-state index contributed by atoms with van der Waals surface area (Å²) in [6, 6.07) is 13.5. The van der Waals surface area contributed by atoms with Crippen molar-refractivity contribution in [3.05, 3.63) is 81.4 Å². The van der Waals surface area contributed by atoms with Gasteiger partial charge in [-0.1, -0.05) is 48.0 Å². The molecule has 4 aromatic rings. The summed E-state index contributed by atoms with van der Waals surface area (Å²) < 4.78 is 4.92. The van der Waals surface area contributed by atoms with Crippen LogP contribution in [0.5, 0.6) is 0 Å². The lowest BCUT2D eigenvalue weighted by Gasteiger charge is -2.22. The van der Waals surface area contributed by atoms with Gasteiger partial charge in [0.2, 0.25) is 0 Å². The van der Waals surface area contributed by atoms with Crippen LogP contribution in [-0.2, 0) is 4.74 Å². The van der Waals surface area contributed by atoms with Crippen molar-refractivity contribution in [2.24, 2.45) is 0 Å². The van der Waals surface area contributed by atoms with Crippen molar-refractivity contribution in [3.8, 4) is 0 Å². The molecule has 0 unspecified atom stereocenters. The standard InChI is InChI=1S/C22H11ClN2O4/c1-29-22(28)16-14-15(21(27)11-7-3-2-6-10(11)20(14)26)17(23)19-18(16)24-12-8-4-5-9-13(12)25-19/h2-9H,1H3. The first-order valence-corrected chi connectivity index (χ1v) is 9.09. The van der Waals surface area contributed by atoms with E-state index in [1.54, 1.807) is 48.5 Å². The number of carbonyl (C=O) groups is 3. The highest BCUT2D eigenvalue weighted by atomic mass is 35.5. The lowest BCUT2D eigenvalue weighted by molar-refractivity contribution is 0.0599. The molecule has 0 radical (unpaired) electrons. The number of esters is 1. The second-order valence-corrected chi connectivity index (χ2v) is 6.92. The van der Waals surface area contributed by atoms with Crippen LogP contribution in [0.25, 0.3) is 22.1 Å². The van der Waals surface area contributed by atoms with Crippen LogP contribution in [0.2, 0.25) is 5.02 Å². The number of para-hydroxylation sites is 2. The van der Waals surface area contributed by atoms with Gasteiger partial charge in [-0.25, -0.2) is 14.8 Å². The van der Waals surface area contributed by atoms with E-state index in [0.29, 0.717) is 11.0 Å². The smallest absolute Gasteiger partial charge is 0.340 e. The molecule has 0 saturated heterocycles. The minimum absolute atomic E-state index is 0.00578. The van der Waals surface area contributed by atoms with E-state index < -0.39 is 17.5 Å². The van der Waals surface area contributed by atoms with Crippen molar-refractivity contribution in [3.63, 3.8) is 0 Å². The van der Waals surface area contributed by atoms with Crippen LogP contribution in [0.1, 0.15) is 42.2 Å². The Morgan fingerprint density at radius 3 is 1.93 bits per heavy atom. The number of nitrogens with zero attached hydrogens (tertiary/aromatic N) is 2. The van der Waals surface area contributed by atoms with Crippen molar-refractivity contribution in [2.45, 2.75) is 0 Å². The van der Waals surface area contributed by atoms with E-state index in [1.807, 2.05) is 0 Å². The fraction of sp³-hybridized carbons (Fsp3) is 0.0455. The number of benzene rings is 3. The average Bonchev–Trinajstić information content (AvgIpc) is 2.76. The number of hydrogen-bond donors (Lipinski definition) is 0. The monoisotopic (exact) mass is 402 g/mol. The molecule has 0 saturated carbocycles. The van der Waals surface area contributed by atoms with Crippen LogP contribution in [0.15, 0.2) is 48.5 Å². The third-order valence-corrected chi connectivity index (χ3v) is 5.36. The summed E-state index contributed by atoms with van der Waals surface area (Å²) in [5.74, 6) is -1.70. The van der Waals surface area contributed by atoms with Crippen molar-refractivity contribution < 1.29 is 19.1 Å². The van der Waals surface area contributed by atoms with Gasteiger partial charge in [-0.3, -0.25) is 9.59 Å². The molecule has 7 heteroatoms. The Morgan fingerprint density at radius 1 is 0.828 bits per heavy atom. The van der Waals surface area contributed by atoms with E-state index >= 15 is 0 Å². The fourth-order valence-electron chi connectivity index (χ4n) is 3.69. The molecule has 3 aromatic carbocycles. The molecule has 0 spiro atoms. The molecule has 1 aliphatic carbocycles. The summed E-state index contributed by atoms with van der Waals surface area (Å²) in [6.07, 6.45) is 0. The zero-order valence-electron chi connectivity index (χ0n) is 15.0. The highest BCUT2D eigenvalue weighted by Crippen LogP contribution is 2.39. The Hall–Kier alpha value is -3.64. The Balaban J connectivity index is 2.01. The molecule has 1 aliphatic rings. The van der Waals surface area contributed by atoms with E-state index in [2.05, 4.69) is 9.97 Å². The molecular weight excluding hydrogens is 392 g/mol. The van der Waals surface area contributed by atoms with E-state index in [-0.39, 0.29) is 43.9 Å². The summed E-state index contributed by atoms with van der Waals surface area (Å²) in [6.45, 7) is 0. The minimum Gasteiger partial charge on any atom is -0.465 e. The molecule has 0 fully saturated rings. The Morgan fingerprint density at radius 2 is 1.34 bits per heavy atom. The molecule has 0 aliphatic heterocycles. The van der Waals surface area contributed by atoms with Gasteiger partial charge in [0.1, 0.15) is 11.0 Å². The summed E-state index contributed by atoms with van der Waals surface area (Å²) >= 11 is 6.58. The minimum atomic E-state index is -0.784. The number of fused-ring (bicyclic) bond motifs is 4. The molecule has 1 heterocycles. The Labute approximate surface area is 169 Å². The van der Waals surface area contributed by atoms with Gasteiger partial charge < -0.3 is 4.74 Å². The SMILES string of the molecule is COC(=O)c1c2c(c(Cl)c3nc4ccccc4nc13)C(=O)c1ccccc1C2=O. The van der Waals surface area contributed by atoms with Crippen LogP contribution in [-0.4, -0.2) is 34.6 Å². The highest BCUT2D eigenvalue weighted by Gasteiger charge is 2.38. The van der Waals surface area contributed by atoms with Gasteiger partial charge in [0.15, 0.2) is 11.6 Å². The van der Waals surface area contributed by atoms with E-state index in [0.717, 1.165) is 0 Å². The molecule has 1 aromatic heterocycles. The third kappa shape index (κ3) is 2.33. The van der Waals surface area contributed by atoms with E-state index in [4.69, 9.17) is 16.3 Å². The predicted molar refractivity (Wildman–Crippen MR) is 107 cm³/mol. The molecule has 0 bridgehead atoms. The summed E-state index contributed by atoms with van der Waals surface area (Å²) in [5, 5.41) is -0.00578. The van der Waals surface area contributed by atoms with Crippen LogP contribution < -0.4 is 0 Å². The first-order valence-electron chi connectivity index (χ1n) is 8.71. The number of hydrogen-bond acceptors (Lipinski definition) is 6. The Bertz CT molecular complexity index is 1410. The topological polar surface area (TPSA) is 86.2 Å². The van der Waals surface area contributed by atoms with Crippen molar-refractivity contribution >= 4 is 51.2 Å². The van der Waals surface area contributed by atoms with Crippen LogP contribution in [0.4, 0.5) is 0 Å². The number of ether oxygens (including phenoxy) is 1. The van der Waals surface area contributed by atoms with Gasteiger partial charge in [-0.2, -0.15) is 0 Å². The summed E-state index contributed by atoms with van der Waals surface area (Å²) in [4.78, 5) is 48.2. The maximum atomic E-state index is 13.3. The largest absolute Gasteiger partial charge is 0.465 e. The highest BCUT2D eigenvalue weighted by molar-refractivity contribution is 6.44. The summed E-state index contributed by atoms with van der Waals surface area (Å²) in [5.41, 5.74) is 1.56. The van der Waals surface area contributed by atoms with Crippen LogP contribution >= 0.6 is 11.6 Å². The Kier molecular flexibility index (Phi) is 3.72. The van der Waals surface area contributed by atoms with Gasteiger partial charge >= 0.3 is 5.97 Å². The second-order valence-electron chi connectivity index (χ2n) is 6.54. The summed E-state index contributed by atoms with van der Waals surface area (Å²) in [7, 11) is 1.20. The lowest BCUT2D eigenvalue weighted by atomic mass is 9.81. The number of carbonyl (C=O) groups excluding carboxylic acids is 3. The number of aromatic nitrogens is 2. The van der Waals surface area contributed by atoms with Gasteiger partial charge in [0.05, 0.1) is 39.9 Å². The second kappa shape index (κ2) is 6.18. The van der Waals surface area contributed by atoms with E-state index in [9.17, 15) is 14.4 Å². The van der Waals surface area contributed by atoms with Gasteiger partial charge in [-0.15, -0.1) is 0 Å². The molecule has 140 valence electrons. The molecule has 6 nitrogen and oxygen atoms in total. The van der Waals surface area contributed by atoms with Gasteiger partial charge in [0.25, 0.3) is 0 Å². The van der Waals surface area contributed by atoms with Crippen molar-refractivity contribution in [1.82, 2.24) is 9.97 Å². The normalized spacial score (nSPS) is 12.8. The number of rotatable bonds is 1. The maximum Gasteiger partial charge on any atom is 0.340 e. The average molecular weight is 403 g/mol. The molecule has 29 heavy (non-hydrogen) atoms. The maximum absolute atomic E-state index is 13.3. The number of methoxy groups -OCH3 is 1. The number of halogens is 1. The van der Waals surface area contributed by atoms with Crippen LogP contribution in [0, 0.1) is 0 Å². The zero-order chi connectivity index (χ0) is 20.3. The van der Waals surface area contributed by atoms with Crippen LogP contribution in [0.3, 0.4) is 0 Å². The first-order chi connectivity index (χ1) is 14.0. The quantitative estimate of drug-likeness (QED) is 0.311. The number of ketones is 2. The molecular formula is C22H11ClN2O4. The fourth-order valence-corrected chi connectivity index (χ4v) is 4.00. The molecule has 5 rings (SSSR count). The van der Waals surface area contributed by atoms with Crippen molar-refractivity contribution in [1.29, 1.82) is 0 Å².